The van der Waals surface area contributed by atoms with Gasteiger partial charge in [0.25, 0.3) is 5.91 Å². The number of nitrogens with one attached hydrogen (secondary N) is 1. The number of hydrogen-bond donors (Lipinski definition) is 1. The van der Waals surface area contributed by atoms with Gasteiger partial charge in [0.15, 0.2) is 0 Å². The first-order chi connectivity index (χ1) is 11.9. The summed E-state index contributed by atoms with van der Waals surface area (Å²) in [6, 6.07) is 9.73. The topological polar surface area (TPSA) is 73.5 Å². The van der Waals surface area contributed by atoms with E-state index < -0.39 is 5.41 Å². The van der Waals surface area contributed by atoms with Gasteiger partial charge in [-0.15, -0.1) is 0 Å². The van der Waals surface area contributed by atoms with Gasteiger partial charge in [-0.3, -0.25) is 14.4 Å². The molecule has 7 heteroatoms. The molecule has 0 radical (unpaired) electrons. The van der Waals surface area contributed by atoms with Gasteiger partial charge >= 0.3 is 4.87 Å². The number of hydrogen-bond acceptors (Lipinski definition) is 4. The Hall–Kier alpha value is -2.41. The second kappa shape index (κ2) is 6.84. The molecule has 1 aromatic heterocycles. The number of aromatic nitrogens is 1. The van der Waals surface area contributed by atoms with Crippen LogP contribution in [0.15, 0.2) is 40.5 Å². The SMILES string of the molecule is CC(C)(C(=O)N1CCN(C(=O)c2csc(=O)[nH]2)CC1)c1ccccc1. The summed E-state index contributed by atoms with van der Waals surface area (Å²) in [7, 11) is 0. The lowest BCUT2D eigenvalue weighted by molar-refractivity contribution is -0.137. The average molecular weight is 359 g/mol. The highest BCUT2D eigenvalue weighted by Crippen LogP contribution is 2.26. The molecule has 2 heterocycles. The monoisotopic (exact) mass is 359 g/mol. The number of benzene rings is 1. The van der Waals surface area contributed by atoms with Crippen molar-refractivity contribution >= 4 is 23.2 Å². The second-order valence-corrected chi connectivity index (χ2v) is 7.48. The van der Waals surface area contributed by atoms with E-state index in [1.54, 1.807) is 10.3 Å². The maximum absolute atomic E-state index is 12.9. The van der Waals surface area contributed by atoms with Crippen LogP contribution in [0.3, 0.4) is 0 Å². The Morgan fingerprint density at radius 1 is 1.04 bits per heavy atom. The van der Waals surface area contributed by atoms with Crippen molar-refractivity contribution in [2.75, 3.05) is 26.2 Å². The van der Waals surface area contributed by atoms with E-state index in [1.807, 2.05) is 49.1 Å². The predicted octanol–water partition coefficient (Wildman–Crippen LogP) is 1.70. The molecule has 1 saturated heterocycles. The number of amides is 2. The fourth-order valence-electron chi connectivity index (χ4n) is 3.04. The zero-order valence-corrected chi connectivity index (χ0v) is 15.1. The smallest absolute Gasteiger partial charge is 0.305 e. The summed E-state index contributed by atoms with van der Waals surface area (Å²) in [5.74, 6) is -0.123. The molecular formula is C18H21N3O3S. The summed E-state index contributed by atoms with van der Waals surface area (Å²) in [6.07, 6.45) is 0. The first kappa shape index (κ1) is 17.4. The molecule has 0 atom stereocenters. The maximum atomic E-state index is 12.9. The van der Waals surface area contributed by atoms with Crippen molar-refractivity contribution in [2.24, 2.45) is 0 Å². The molecule has 1 aliphatic heterocycles. The van der Waals surface area contributed by atoms with Crippen molar-refractivity contribution < 1.29 is 9.59 Å². The third-order valence-corrected chi connectivity index (χ3v) is 5.30. The molecule has 1 aromatic carbocycles. The van der Waals surface area contributed by atoms with Crippen LogP contribution in [-0.4, -0.2) is 52.8 Å². The van der Waals surface area contributed by atoms with Crippen LogP contribution in [0.2, 0.25) is 0 Å². The lowest BCUT2D eigenvalue weighted by Gasteiger charge is -2.38. The molecule has 0 unspecified atom stereocenters. The molecule has 3 rings (SSSR count). The van der Waals surface area contributed by atoms with Gasteiger partial charge in [0.05, 0.1) is 5.41 Å². The Kier molecular flexibility index (Phi) is 4.76. The van der Waals surface area contributed by atoms with Crippen LogP contribution in [-0.2, 0) is 10.2 Å². The van der Waals surface area contributed by atoms with Crippen molar-refractivity contribution in [1.82, 2.24) is 14.8 Å². The van der Waals surface area contributed by atoms with Crippen LogP contribution < -0.4 is 4.87 Å². The van der Waals surface area contributed by atoms with Crippen molar-refractivity contribution in [3.05, 3.63) is 56.6 Å². The minimum Gasteiger partial charge on any atom is -0.338 e. The fraction of sp³-hybridized carbons (Fsp3) is 0.389. The molecular weight excluding hydrogens is 338 g/mol. The highest BCUT2D eigenvalue weighted by atomic mass is 32.1. The molecule has 1 fully saturated rings. The summed E-state index contributed by atoms with van der Waals surface area (Å²) < 4.78 is 0. The highest BCUT2D eigenvalue weighted by Gasteiger charge is 2.35. The Morgan fingerprint density at radius 3 is 2.20 bits per heavy atom. The van der Waals surface area contributed by atoms with Crippen molar-refractivity contribution in [3.8, 4) is 0 Å². The van der Waals surface area contributed by atoms with Gasteiger partial charge in [-0.25, -0.2) is 0 Å². The Balaban J connectivity index is 1.65. The van der Waals surface area contributed by atoms with E-state index in [9.17, 15) is 14.4 Å². The van der Waals surface area contributed by atoms with E-state index in [1.165, 1.54) is 0 Å². The normalized spacial score (nSPS) is 15.3. The second-order valence-electron chi connectivity index (χ2n) is 6.64. The highest BCUT2D eigenvalue weighted by molar-refractivity contribution is 7.07. The van der Waals surface area contributed by atoms with E-state index >= 15 is 0 Å². The van der Waals surface area contributed by atoms with Gasteiger partial charge in [-0.2, -0.15) is 0 Å². The van der Waals surface area contributed by atoms with Crippen LogP contribution >= 0.6 is 11.3 Å². The fourth-order valence-corrected chi connectivity index (χ4v) is 3.60. The summed E-state index contributed by atoms with van der Waals surface area (Å²) >= 11 is 0.980. The first-order valence-corrected chi connectivity index (χ1v) is 9.09. The number of aromatic amines is 1. The predicted molar refractivity (Wildman–Crippen MR) is 96.9 cm³/mol. The Labute approximate surface area is 150 Å². The van der Waals surface area contributed by atoms with Gasteiger partial charge < -0.3 is 14.8 Å². The maximum Gasteiger partial charge on any atom is 0.305 e. The molecule has 25 heavy (non-hydrogen) atoms. The number of carbonyl (C=O) groups is 2. The van der Waals surface area contributed by atoms with E-state index in [0.717, 1.165) is 16.9 Å². The van der Waals surface area contributed by atoms with Crippen LogP contribution in [0.1, 0.15) is 29.9 Å². The number of thiazole rings is 1. The zero-order valence-electron chi connectivity index (χ0n) is 14.3. The lowest BCUT2D eigenvalue weighted by atomic mass is 9.83. The van der Waals surface area contributed by atoms with Gasteiger partial charge in [-0.1, -0.05) is 41.7 Å². The number of carbonyl (C=O) groups excluding carboxylic acids is 2. The standard InChI is InChI=1S/C18H21N3O3S/c1-18(2,13-6-4-3-5-7-13)16(23)21-10-8-20(9-11-21)15(22)14-12-25-17(24)19-14/h3-7,12H,8-11H2,1-2H3,(H,19,24). The largest absolute Gasteiger partial charge is 0.338 e. The number of piperazine rings is 1. The Bertz CT molecular complexity index is 817. The zero-order chi connectivity index (χ0) is 18.0. The van der Waals surface area contributed by atoms with Gasteiger partial charge in [0.1, 0.15) is 5.69 Å². The quantitative estimate of drug-likeness (QED) is 0.906. The lowest BCUT2D eigenvalue weighted by Crippen LogP contribution is -2.54. The molecule has 1 aliphatic rings. The van der Waals surface area contributed by atoms with E-state index in [0.29, 0.717) is 31.9 Å². The minimum absolute atomic E-state index is 0.0646. The van der Waals surface area contributed by atoms with Crippen molar-refractivity contribution in [2.45, 2.75) is 19.3 Å². The van der Waals surface area contributed by atoms with E-state index in [-0.39, 0.29) is 16.7 Å². The third-order valence-electron chi connectivity index (χ3n) is 4.64. The van der Waals surface area contributed by atoms with Gasteiger partial charge in [-0.05, 0) is 19.4 Å². The molecule has 6 nitrogen and oxygen atoms in total. The van der Waals surface area contributed by atoms with Crippen molar-refractivity contribution in [1.29, 1.82) is 0 Å². The van der Waals surface area contributed by atoms with Gasteiger partial charge in [0.2, 0.25) is 5.91 Å². The van der Waals surface area contributed by atoms with Crippen LogP contribution in [0, 0.1) is 0 Å². The molecule has 0 bridgehead atoms. The Morgan fingerprint density at radius 2 is 1.64 bits per heavy atom. The van der Waals surface area contributed by atoms with Gasteiger partial charge in [0, 0.05) is 31.6 Å². The third kappa shape index (κ3) is 3.51. The molecule has 0 saturated carbocycles. The minimum atomic E-state index is -0.605. The van der Waals surface area contributed by atoms with E-state index in [4.69, 9.17) is 0 Å². The average Bonchev–Trinajstić information content (AvgIpc) is 3.07. The van der Waals surface area contributed by atoms with Crippen LogP contribution in [0.25, 0.3) is 0 Å². The van der Waals surface area contributed by atoms with Crippen LogP contribution in [0.4, 0.5) is 0 Å². The summed E-state index contributed by atoms with van der Waals surface area (Å²) in [5, 5.41) is 1.54. The molecule has 2 aromatic rings. The number of rotatable bonds is 3. The summed E-state index contributed by atoms with van der Waals surface area (Å²) in [4.78, 5) is 42.3. The number of nitrogens with zero attached hydrogens (tertiary/aromatic N) is 2. The molecule has 1 N–H and O–H groups in total. The molecule has 132 valence electrons. The number of H-pyrrole nitrogens is 1. The molecule has 0 aliphatic carbocycles. The van der Waals surface area contributed by atoms with Crippen LogP contribution in [0.5, 0.6) is 0 Å². The molecule has 2 amide bonds. The summed E-state index contributed by atoms with van der Waals surface area (Å²) in [6.45, 7) is 5.78. The summed E-state index contributed by atoms with van der Waals surface area (Å²) in [5.41, 5.74) is 0.695. The van der Waals surface area contributed by atoms with Crippen molar-refractivity contribution in [3.63, 3.8) is 0 Å². The molecule has 0 spiro atoms. The first-order valence-electron chi connectivity index (χ1n) is 8.21. The van der Waals surface area contributed by atoms with E-state index in [2.05, 4.69) is 4.98 Å².